The van der Waals surface area contributed by atoms with Crippen LogP contribution in [0, 0.1) is 18.3 Å². The molecule has 6 heteroatoms. The third-order valence-electron chi connectivity index (χ3n) is 6.39. The first-order valence-electron chi connectivity index (χ1n) is 10.1. The van der Waals surface area contributed by atoms with Crippen LogP contribution in [-0.2, 0) is 5.41 Å². The molecule has 2 aliphatic rings. The summed E-state index contributed by atoms with van der Waals surface area (Å²) in [5, 5.41) is 19.4. The van der Waals surface area contributed by atoms with E-state index in [2.05, 4.69) is 22.9 Å². The number of amides is 1. The quantitative estimate of drug-likeness (QED) is 0.880. The van der Waals surface area contributed by atoms with Gasteiger partial charge in [-0.15, -0.1) is 0 Å². The van der Waals surface area contributed by atoms with Crippen molar-refractivity contribution >= 4 is 6.09 Å². The number of carbonyl (C=O) groups is 1. The van der Waals surface area contributed by atoms with Gasteiger partial charge in [0.05, 0.1) is 17.2 Å². The van der Waals surface area contributed by atoms with Gasteiger partial charge in [0.25, 0.3) is 0 Å². The van der Waals surface area contributed by atoms with E-state index in [-0.39, 0.29) is 6.04 Å². The van der Waals surface area contributed by atoms with E-state index < -0.39 is 11.5 Å². The van der Waals surface area contributed by atoms with Crippen molar-refractivity contribution in [3.8, 4) is 6.07 Å². The molecule has 1 unspecified atom stereocenters. The number of aromatic nitrogens is 1. The average molecular weight is 370 g/mol. The van der Waals surface area contributed by atoms with E-state index in [1.807, 2.05) is 25.3 Å². The summed E-state index contributed by atoms with van der Waals surface area (Å²) in [7, 11) is 0. The Hall–Kier alpha value is -2.13. The van der Waals surface area contributed by atoms with Crippen LogP contribution in [0.15, 0.2) is 18.3 Å². The van der Waals surface area contributed by atoms with Gasteiger partial charge in [-0.25, -0.2) is 4.79 Å². The number of rotatable bonds is 3. The number of aryl methyl sites for hydroxylation is 1. The van der Waals surface area contributed by atoms with Crippen LogP contribution >= 0.6 is 0 Å². The lowest BCUT2D eigenvalue weighted by atomic mass is 9.71. The molecule has 1 saturated carbocycles. The van der Waals surface area contributed by atoms with Crippen LogP contribution in [0.2, 0.25) is 0 Å². The van der Waals surface area contributed by atoms with E-state index in [9.17, 15) is 15.2 Å². The highest BCUT2D eigenvalue weighted by atomic mass is 16.4. The molecule has 2 heterocycles. The highest BCUT2D eigenvalue weighted by Crippen LogP contribution is 2.40. The molecule has 6 nitrogen and oxygen atoms in total. The van der Waals surface area contributed by atoms with Crippen LogP contribution < -0.4 is 0 Å². The topological polar surface area (TPSA) is 80.5 Å². The summed E-state index contributed by atoms with van der Waals surface area (Å²) in [5.74, 6) is 0. The van der Waals surface area contributed by atoms with E-state index in [1.54, 1.807) is 4.90 Å². The first-order chi connectivity index (χ1) is 13.0. The molecule has 1 saturated heterocycles. The number of hydrogen-bond acceptors (Lipinski definition) is 4. The standard InChI is InChI=1S/C21H30N4O2/c1-3-17-14-24(11-4-12-25(17)20(26)27)18-7-9-21(15-22,10-8-18)19-6-5-16(2)13-23-19/h5-6,13,17-18H,3-4,7-12,14H2,1-2H3,(H,26,27). The predicted octanol–water partition coefficient (Wildman–Crippen LogP) is 3.56. The molecular formula is C21H30N4O2. The summed E-state index contributed by atoms with van der Waals surface area (Å²) in [6, 6.07) is 7.09. The molecule has 1 N–H and O–H groups in total. The van der Waals surface area contributed by atoms with Gasteiger partial charge in [-0.2, -0.15) is 5.26 Å². The average Bonchev–Trinajstić information content (AvgIpc) is 2.91. The summed E-state index contributed by atoms with van der Waals surface area (Å²) < 4.78 is 0. The fraction of sp³-hybridized carbons (Fsp3) is 0.667. The van der Waals surface area contributed by atoms with Crippen molar-refractivity contribution in [2.45, 2.75) is 69.9 Å². The van der Waals surface area contributed by atoms with Crippen LogP contribution in [0.25, 0.3) is 0 Å². The summed E-state index contributed by atoms with van der Waals surface area (Å²) in [4.78, 5) is 20.2. The molecule has 146 valence electrons. The summed E-state index contributed by atoms with van der Waals surface area (Å²) >= 11 is 0. The monoisotopic (exact) mass is 370 g/mol. The minimum atomic E-state index is -0.804. The van der Waals surface area contributed by atoms with Crippen LogP contribution in [-0.4, -0.2) is 57.7 Å². The fourth-order valence-electron chi connectivity index (χ4n) is 4.66. The molecule has 0 spiro atoms. The molecule has 0 aromatic carbocycles. The van der Waals surface area contributed by atoms with E-state index in [0.717, 1.165) is 62.9 Å². The second-order valence-corrected chi connectivity index (χ2v) is 8.03. The molecular weight excluding hydrogens is 340 g/mol. The molecule has 3 rings (SSSR count). The third kappa shape index (κ3) is 4.08. The fourth-order valence-corrected chi connectivity index (χ4v) is 4.66. The number of nitriles is 1. The molecule has 1 aromatic rings. The van der Waals surface area contributed by atoms with Crippen molar-refractivity contribution in [1.82, 2.24) is 14.8 Å². The lowest BCUT2D eigenvalue weighted by Crippen LogP contribution is -2.48. The molecule has 2 fully saturated rings. The summed E-state index contributed by atoms with van der Waals surface area (Å²) in [6.45, 7) is 6.43. The maximum Gasteiger partial charge on any atom is 0.407 e. The maximum absolute atomic E-state index is 11.5. The van der Waals surface area contributed by atoms with Crippen LogP contribution in [0.4, 0.5) is 4.79 Å². The molecule has 27 heavy (non-hydrogen) atoms. The van der Waals surface area contributed by atoms with E-state index >= 15 is 0 Å². The minimum absolute atomic E-state index is 0.0615. The van der Waals surface area contributed by atoms with Crippen LogP contribution in [0.1, 0.15) is 56.7 Å². The van der Waals surface area contributed by atoms with E-state index in [4.69, 9.17) is 0 Å². The number of pyridine rings is 1. The largest absolute Gasteiger partial charge is 0.465 e. The Bertz CT molecular complexity index is 689. The van der Waals surface area contributed by atoms with Crippen LogP contribution in [0.3, 0.4) is 0 Å². The van der Waals surface area contributed by atoms with Crippen molar-refractivity contribution in [2.75, 3.05) is 19.6 Å². The molecule has 1 aliphatic carbocycles. The lowest BCUT2D eigenvalue weighted by molar-refractivity contribution is 0.101. The summed E-state index contributed by atoms with van der Waals surface area (Å²) in [6.07, 6.45) is 6.33. The smallest absolute Gasteiger partial charge is 0.407 e. The van der Waals surface area contributed by atoms with Crippen molar-refractivity contribution in [3.05, 3.63) is 29.6 Å². The van der Waals surface area contributed by atoms with Gasteiger partial charge >= 0.3 is 6.09 Å². The number of carboxylic acid groups (broad SMARTS) is 1. The molecule has 1 aromatic heterocycles. The molecule has 1 amide bonds. The van der Waals surface area contributed by atoms with Gasteiger partial charge < -0.3 is 10.0 Å². The normalized spacial score (nSPS) is 29.7. The first-order valence-corrected chi connectivity index (χ1v) is 10.1. The van der Waals surface area contributed by atoms with Gasteiger partial charge in [0, 0.05) is 37.9 Å². The van der Waals surface area contributed by atoms with Gasteiger partial charge in [0.1, 0.15) is 0 Å². The Kier molecular flexibility index (Phi) is 6.01. The Morgan fingerprint density at radius 3 is 2.67 bits per heavy atom. The molecule has 0 radical (unpaired) electrons. The number of hydrogen-bond donors (Lipinski definition) is 1. The van der Waals surface area contributed by atoms with Crippen molar-refractivity contribution in [3.63, 3.8) is 0 Å². The Balaban J connectivity index is 1.68. The second kappa shape index (κ2) is 8.26. The van der Waals surface area contributed by atoms with Crippen molar-refractivity contribution in [2.24, 2.45) is 0 Å². The summed E-state index contributed by atoms with van der Waals surface area (Å²) in [5.41, 5.74) is 1.53. The van der Waals surface area contributed by atoms with E-state index in [1.165, 1.54) is 0 Å². The van der Waals surface area contributed by atoms with Crippen LogP contribution in [0.5, 0.6) is 0 Å². The molecule has 0 bridgehead atoms. The first kappa shape index (κ1) is 19.6. The Labute approximate surface area is 161 Å². The highest BCUT2D eigenvalue weighted by molar-refractivity contribution is 5.65. The van der Waals surface area contributed by atoms with Gasteiger partial charge in [-0.1, -0.05) is 13.0 Å². The zero-order valence-electron chi connectivity index (χ0n) is 16.4. The van der Waals surface area contributed by atoms with Crippen molar-refractivity contribution < 1.29 is 9.90 Å². The second-order valence-electron chi connectivity index (χ2n) is 8.03. The predicted molar refractivity (Wildman–Crippen MR) is 104 cm³/mol. The lowest BCUT2D eigenvalue weighted by Gasteiger charge is -2.40. The van der Waals surface area contributed by atoms with Gasteiger partial charge in [-0.05, 0) is 57.1 Å². The zero-order chi connectivity index (χ0) is 19.4. The Morgan fingerprint density at radius 2 is 2.11 bits per heavy atom. The molecule has 1 atom stereocenters. The Morgan fingerprint density at radius 1 is 1.37 bits per heavy atom. The van der Waals surface area contributed by atoms with Gasteiger partial charge in [0.15, 0.2) is 0 Å². The SMILES string of the molecule is CCC1CN(C2CCC(C#N)(c3ccc(C)cn3)CC2)CCCN1C(=O)O. The number of nitrogens with zero attached hydrogens (tertiary/aromatic N) is 4. The zero-order valence-corrected chi connectivity index (χ0v) is 16.4. The maximum atomic E-state index is 11.5. The highest BCUT2D eigenvalue weighted by Gasteiger charge is 2.40. The third-order valence-corrected chi connectivity index (χ3v) is 6.39. The van der Waals surface area contributed by atoms with Crippen molar-refractivity contribution in [1.29, 1.82) is 5.26 Å². The van der Waals surface area contributed by atoms with Gasteiger partial charge in [0.2, 0.25) is 0 Å². The minimum Gasteiger partial charge on any atom is -0.465 e. The van der Waals surface area contributed by atoms with E-state index in [0.29, 0.717) is 12.6 Å². The van der Waals surface area contributed by atoms with Gasteiger partial charge in [-0.3, -0.25) is 9.88 Å². The molecule has 1 aliphatic heterocycles.